The SMILES string of the molecule is Cc1nc(-c2nc(Cl)c3cc(C)sc3n2)co1. The van der Waals surface area contributed by atoms with Gasteiger partial charge in [0.25, 0.3) is 0 Å². The van der Waals surface area contributed by atoms with Crippen LogP contribution < -0.4 is 0 Å². The molecule has 0 aliphatic rings. The smallest absolute Gasteiger partial charge is 0.191 e. The van der Waals surface area contributed by atoms with Crippen LogP contribution in [0.2, 0.25) is 5.15 Å². The Morgan fingerprint density at radius 3 is 2.76 bits per heavy atom. The fraction of sp³-hybridized carbons (Fsp3) is 0.182. The second kappa shape index (κ2) is 3.78. The van der Waals surface area contributed by atoms with Crippen LogP contribution in [-0.4, -0.2) is 15.0 Å². The topological polar surface area (TPSA) is 51.8 Å². The summed E-state index contributed by atoms with van der Waals surface area (Å²) in [6.45, 7) is 3.79. The highest BCUT2D eigenvalue weighted by atomic mass is 35.5. The van der Waals surface area contributed by atoms with Gasteiger partial charge in [0.1, 0.15) is 21.9 Å². The molecule has 0 saturated carbocycles. The maximum atomic E-state index is 6.13. The van der Waals surface area contributed by atoms with Gasteiger partial charge in [-0.3, -0.25) is 0 Å². The van der Waals surface area contributed by atoms with Crippen molar-refractivity contribution in [3.63, 3.8) is 0 Å². The zero-order valence-electron chi connectivity index (χ0n) is 9.19. The van der Waals surface area contributed by atoms with Gasteiger partial charge in [-0.2, -0.15) is 0 Å². The number of rotatable bonds is 1. The number of halogens is 1. The van der Waals surface area contributed by atoms with E-state index in [9.17, 15) is 0 Å². The summed E-state index contributed by atoms with van der Waals surface area (Å²) in [6.07, 6.45) is 1.54. The van der Waals surface area contributed by atoms with E-state index >= 15 is 0 Å². The van der Waals surface area contributed by atoms with Crippen molar-refractivity contribution in [1.82, 2.24) is 15.0 Å². The zero-order chi connectivity index (χ0) is 12.0. The number of thiophene rings is 1. The average Bonchev–Trinajstić information content (AvgIpc) is 2.83. The molecule has 0 aromatic carbocycles. The Kier molecular flexibility index (Phi) is 2.38. The van der Waals surface area contributed by atoms with Gasteiger partial charge in [-0.25, -0.2) is 15.0 Å². The molecule has 0 aliphatic carbocycles. The highest BCUT2D eigenvalue weighted by molar-refractivity contribution is 7.18. The van der Waals surface area contributed by atoms with E-state index in [-0.39, 0.29) is 0 Å². The quantitative estimate of drug-likeness (QED) is 0.631. The van der Waals surface area contributed by atoms with Gasteiger partial charge in [0, 0.05) is 17.2 Å². The summed E-state index contributed by atoms with van der Waals surface area (Å²) in [7, 11) is 0. The van der Waals surface area contributed by atoms with Crippen molar-refractivity contribution >= 4 is 33.2 Å². The van der Waals surface area contributed by atoms with Crippen molar-refractivity contribution in [2.45, 2.75) is 13.8 Å². The van der Waals surface area contributed by atoms with Crippen LogP contribution in [0.4, 0.5) is 0 Å². The minimum absolute atomic E-state index is 0.454. The molecule has 0 unspecified atom stereocenters. The van der Waals surface area contributed by atoms with Crippen molar-refractivity contribution in [3.05, 3.63) is 28.3 Å². The molecule has 0 N–H and O–H groups in total. The monoisotopic (exact) mass is 265 g/mol. The predicted octanol–water partition coefficient (Wildman–Crippen LogP) is 3.62. The van der Waals surface area contributed by atoms with Gasteiger partial charge in [0.05, 0.1) is 0 Å². The molecule has 3 aromatic rings. The molecular formula is C11H8ClN3OS. The van der Waals surface area contributed by atoms with E-state index in [0.717, 1.165) is 15.1 Å². The second-order valence-corrected chi connectivity index (χ2v) is 5.26. The summed E-state index contributed by atoms with van der Waals surface area (Å²) in [5.41, 5.74) is 0.609. The van der Waals surface area contributed by atoms with Crippen molar-refractivity contribution in [1.29, 1.82) is 0 Å². The van der Waals surface area contributed by atoms with Gasteiger partial charge in [0.15, 0.2) is 11.7 Å². The first-order chi connectivity index (χ1) is 8.13. The van der Waals surface area contributed by atoms with Crippen LogP contribution >= 0.6 is 22.9 Å². The number of fused-ring (bicyclic) bond motifs is 1. The number of aryl methyl sites for hydroxylation is 2. The van der Waals surface area contributed by atoms with E-state index in [1.165, 1.54) is 6.26 Å². The zero-order valence-corrected chi connectivity index (χ0v) is 10.8. The Hall–Kier alpha value is -1.46. The van der Waals surface area contributed by atoms with E-state index in [1.54, 1.807) is 18.3 Å². The minimum atomic E-state index is 0.454. The molecule has 0 bridgehead atoms. The largest absolute Gasteiger partial charge is 0.449 e. The fourth-order valence-electron chi connectivity index (χ4n) is 1.59. The first-order valence-electron chi connectivity index (χ1n) is 4.99. The molecular weight excluding hydrogens is 258 g/mol. The van der Waals surface area contributed by atoms with Crippen molar-refractivity contribution in [2.24, 2.45) is 0 Å². The molecule has 0 atom stereocenters. The molecule has 0 aliphatic heterocycles. The highest BCUT2D eigenvalue weighted by Crippen LogP contribution is 2.30. The van der Waals surface area contributed by atoms with Crippen LogP contribution in [0.3, 0.4) is 0 Å². The molecule has 0 radical (unpaired) electrons. The summed E-state index contributed by atoms with van der Waals surface area (Å²) >= 11 is 7.72. The highest BCUT2D eigenvalue weighted by Gasteiger charge is 2.12. The number of hydrogen-bond acceptors (Lipinski definition) is 5. The van der Waals surface area contributed by atoms with E-state index in [2.05, 4.69) is 15.0 Å². The Labute approximate surface area is 106 Å². The number of hydrogen-bond donors (Lipinski definition) is 0. The van der Waals surface area contributed by atoms with Gasteiger partial charge in [-0.05, 0) is 13.0 Å². The normalized spacial score (nSPS) is 11.2. The van der Waals surface area contributed by atoms with E-state index in [1.807, 2.05) is 13.0 Å². The molecule has 3 aromatic heterocycles. The maximum Gasteiger partial charge on any atom is 0.191 e. The van der Waals surface area contributed by atoms with Crippen LogP contribution in [-0.2, 0) is 0 Å². The molecule has 4 nitrogen and oxygen atoms in total. The molecule has 0 fully saturated rings. The van der Waals surface area contributed by atoms with E-state index in [0.29, 0.717) is 22.6 Å². The summed E-state index contributed by atoms with van der Waals surface area (Å²) in [5.74, 6) is 1.09. The first kappa shape index (κ1) is 10.7. The van der Waals surface area contributed by atoms with E-state index < -0.39 is 0 Å². The summed E-state index contributed by atoms with van der Waals surface area (Å²) in [5, 5.41) is 1.34. The standard InChI is InChI=1S/C11H8ClN3OS/c1-5-3-7-9(12)14-10(15-11(7)17-5)8-4-16-6(2)13-8/h3-4H,1-2H3. The molecule has 6 heteroatoms. The van der Waals surface area contributed by atoms with Gasteiger partial charge in [-0.1, -0.05) is 11.6 Å². The molecule has 3 rings (SSSR count). The lowest BCUT2D eigenvalue weighted by Crippen LogP contribution is -1.89. The van der Waals surface area contributed by atoms with Gasteiger partial charge in [0.2, 0.25) is 0 Å². The van der Waals surface area contributed by atoms with Crippen molar-refractivity contribution in [2.75, 3.05) is 0 Å². The fourth-order valence-corrected chi connectivity index (χ4v) is 2.75. The van der Waals surface area contributed by atoms with Crippen LogP contribution in [0.5, 0.6) is 0 Å². The van der Waals surface area contributed by atoms with Gasteiger partial charge < -0.3 is 4.42 Å². The third kappa shape index (κ3) is 1.81. The number of nitrogens with zero attached hydrogens (tertiary/aromatic N) is 3. The molecule has 0 amide bonds. The van der Waals surface area contributed by atoms with Gasteiger partial charge in [-0.15, -0.1) is 11.3 Å². The minimum Gasteiger partial charge on any atom is -0.449 e. The van der Waals surface area contributed by atoms with Crippen LogP contribution in [0.25, 0.3) is 21.7 Å². The van der Waals surface area contributed by atoms with Crippen LogP contribution in [0.1, 0.15) is 10.8 Å². The Morgan fingerprint density at radius 2 is 2.06 bits per heavy atom. The van der Waals surface area contributed by atoms with Crippen LogP contribution in [0.15, 0.2) is 16.7 Å². The Morgan fingerprint density at radius 1 is 1.24 bits per heavy atom. The van der Waals surface area contributed by atoms with Crippen LogP contribution in [0, 0.1) is 13.8 Å². The Balaban J connectivity index is 2.24. The molecule has 17 heavy (non-hydrogen) atoms. The first-order valence-corrected chi connectivity index (χ1v) is 6.19. The number of oxazole rings is 1. The molecule has 0 spiro atoms. The molecule has 3 heterocycles. The van der Waals surface area contributed by atoms with Gasteiger partial charge >= 0.3 is 0 Å². The van der Waals surface area contributed by atoms with E-state index in [4.69, 9.17) is 16.0 Å². The lowest BCUT2D eigenvalue weighted by molar-refractivity contribution is 0.521. The third-order valence-electron chi connectivity index (χ3n) is 2.32. The third-order valence-corrected chi connectivity index (χ3v) is 3.55. The number of aromatic nitrogens is 3. The lowest BCUT2D eigenvalue weighted by Gasteiger charge is -1.96. The van der Waals surface area contributed by atoms with Crippen molar-refractivity contribution < 1.29 is 4.42 Å². The van der Waals surface area contributed by atoms with Crippen molar-refractivity contribution in [3.8, 4) is 11.5 Å². The predicted molar refractivity (Wildman–Crippen MR) is 67.4 cm³/mol. The average molecular weight is 266 g/mol. The summed E-state index contributed by atoms with van der Waals surface area (Å²) in [6, 6.07) is 1.99. The second-order valence-electron chi connectivity index (χ2n) is 3.67. The summed E-state index contributed by atoms with van der Waals surface area (Å²) < 4.78 is 5.15. The Bertz CT molecular complexity index is 704. The molecule has 0 saturated heterocycles. The lowest BCUT2D eigenvalue weighted by atomic mass is 10.3. The maximum absolute atomic E-state index is 6.13. The molecule has 86 valence electrons. The summed E-state index contributed by atoms with van der Waals surface area (Å²) in [4.78, 5) is 14.9.